The molecule has 2 fully saturated rings. The lowest BCUT2D eigenvalue weighted by atomic mass is 9.85. The van der Waals surface area contributed by atoms with Gasteiger partial charge in [-0.1, -0.05) is 23.7 Å². The van der Waals surface area contributed by atoms with Crippen LogP contribution in [0.1, 0.15) is 42.7 Å². The Bertz CT molecular complexity index is 978. The van der Waals surface area contributed by atoms with E-state index in [4.69, 9.17) is 11.6 Å². The normalized spacial score (nSPS) is 19.6. The molecule has 7 heteroatoms. The fourth-order valence-corrected chi connectivity index (χ4v) is 5.44. The van der Waals surface area contributed by atoms with Gasteiger partial charge in [-0.25, -0.2) is 8.78 Å². The summed E-state index contributed by atoms with van der Waals surface area (Å²) in [5.41, 5.74) is 1.65. The van der Waals surface area contributed by atoms with Crippen LogP contribution in [0, 0.1) is 17.6 Å². The third-order valence-corrected chi connectivity index (χ3v) is 7.48. The summed E-state index contributed by atoms with van der Waals surface area (Å²) in [6.45, 7) is 3.25. The molecule has 4 rings (SSSR count). The average Bonchev–Trinajstić information content (AvgIpc) is 2.84. The zero-order valence-corrected chi connectivity index (χ0v) is 19.9. The van der Waals surface area contributed by atoms with Gasteiger partial charge in [-0.3, -0.25) is 9.69 Å². The molecule has 0 saturated carbocycles. The van der Waals surface area contributed by atoms with Crippen molar-refractivity contribution in [2.45, 2.75) is 37.6 Å². The van der Waals surface area contributed by atoms with Crippen LogP contribution in [-0.4, -0.2) is 59.6 Å². The molecule has 2 aromatic rings. The van der Waals surface area contributed by atoms with Crippen LogP contribution >= 0.6 is 11.6 Å². The van der Waals surface area contributed by atoms with Gasteiger partial charge in [0, 0.05) is 36.3 Å². The Morgan fingerprint density at radius 2 is 1.62 bits per heavy atom. The Hall–Kier alpha value is -2.28. The summed E-state index contributed by atoms with van der Waals surface area (Å²) in [6.07, 6.45) is 6.59. The number of halogens is 3. The van der Waals surface area contributed by atoms with Gasteiger partial charge in [0.25, 0.3) is 0 Å². The van der Waals surface area contributed by atoms with E-state index >= 15 is 0 Å². The van der Waals surface area contributed by atoms with Crippen LogP contribution in [0.15, 0.2) is 48.5 Å². The van der Waals surface area contributed by atoms with Crippen molar-refractivity contribution in [2.24, 2.45) is 5.92 Å². The summed E-state index contributed by atoms with van der Waals surface area (Å²) in [5.74, 6) is -0.638. The number of likely N-dealkylation sites (tertiary alicyclic amines) is 2. The van der Waals surface area contributed by atoms with Crippen LogP contribution in [0.5, 0.6) is 0 Å². The highest BCUT2D eigenvalue weighted by atomic mass is 35.5. The van der Waals surface area contributed by atoms with E-state index in [-0.39, 0.29) is 18.6 Å². The number of amides is 1. The van der Waals surface area contributed by atoms with Crippen LogP contribution < -0.4 is 0 Å². The second-order valence-corrected chi connectivity index (χ2v) is 9.75. The molecular formula is C27H31ClF2N2O2. The van der Waals surface area contributed by atoms with Crippen molar-refractivity contribution in [2.75, 3.05) is 32.8 Å². The van der Waals surface area contributed by atoms with Crippen molar-refractivity contribution in [3.8, 4) is 0 Å². The van der Waals surface area contributed by atoms with E-state index in [2.05, 4.69) is 17.0 Å². The van der Waals surface area contributed by atoms with Crippen molar-refractivity contribution >= 4 is 23.6 Å². The van der Waals surface area contributed by atoms with Gasteiger partial charge in [0.2, 0.25) is 5.91 Å². The highest BCUT2D eigenvalue weighted by Crippen LogP contribution is 2.32. The van der Waals surface area contributed by atoms with Crippen LogP contribution in [0.4, 0.5) is 8.78 Å². The number of hydrogen-bond donors (Lipinski definition) is 1. The standard InChI is InChI=1S/C27H31ClF2N2O2/c28-23-4-2-20(3-5-23)21-7-11-31(12-8-21)26(18-33)22-9-13-32(14-10-22)27(34)6-1-19-15-24(29)17-25(30)16-19/h1-6,15-17,21-22,26,33H,7-14,18H2/b6-1+. The van der Waals surface area contributed by atoms with Crippen molar-refractivity contribution in [3.63, 3.8) is 0 Å². The smallest absolute Gasteiger partial charge is 0.246 e. The van der Waals surface area contributed by atoms with Crippen molar-refractivity contribution in [3.05, 3.63) is 76.3 Å². The number of hydrogen-bond acceptors (Lipinski definition) is 3. The fraction of sp³-hybridized carbons (Fsp3) is 0.444. The van der Waals surface area contributed by atoms with E-state index in [1.165, 1.54) is 29.8 Å². The van der Waals surface area contributed by atoms with Crippen LogP contribution in [0.25, 0.3) is 6.08 Å². The first-order valence-corrected chi connectivity index (χ1v) is 12.3. The van der Waals surface area contributed by atoms with E-state index in [0.717, 1.165) is 49.9 Å². The third-order valence-electron chi connectivity index (χ3n) is 7.23. The van der Waals surface area contributed by atoms with Gasteiger partial charge in [0.05, 0.1) is 6.61 Å². The Kier molecular flexibility index (Phi) is 8.35. The summed E-state index contributed by atoms with van der Waals surface area (Å²) in [6, 6.07) is 11.4. The third kappa shape index (κ3) is 6.23. The quantitative estimate of drug-likeness (QED) is 0.575. The number of nitrogens with zero attached hydrogens (tertiary/aromatic N) is 2. The van der Waals surface area contributed by atoms with Crippen molar-refractivity contribution < 1.29 is 18.7 Å². The summed E-state index contributed by atoms with van der Waals surface area (Å²) in [5, 5.41) is 10.9. The SMILES string of the molecule is O=C(/C=C/c1cc(F)cc(F)c1)N1CCC(C(CO)N2CCC(c3ccc(Cl)cc3)CC2)CC1. The van der Waals surface area contributed by atoms with Crippen LogP contribution in [0.3, 0.4) is 0 Å². The number of aliphatic hydroxyl groups is 1. The predicted molar refractivity (Wildman–Crippen MR) is 131 cm³/mol. The zero-order valence-electron chi connectivity index (χ0n) is 19.2. The summed E-state index contributed by atoms with van der Waals surface area (Å²) < 4.78 is 26.7. The molecule has 2 aromatic carbocycles. The first-order chi connectivity index (χ1) is 16.4. The maximum Gasteiger partial charge on any atom is 0.246 e. The molecule has 0 aliphatic carbocycles. The minimum atomic E-state index is -0.667. The number of piperidine rings is 2. The summed E-state index contributed by atoms with van der Waals surface area (Å²) in [4.78, 5) is 16.7. The Morgan fingerprint density at radius 1 is 1.00 bits per heavy atom. The molecule has 4 nitrogen and oxygen atoms in total. The molecule has 0 radical (unpaired) electrons. The first kappa shape index (κ1) is 24.8. The fourth-order valence-electron chi connectivity index (χ4n) is 5.31. The van der Waals surface area contributed by atoms with Gasteiger partial charge in [-0.15, -0.1) is 0 Å². The molecule has 0 aromatic heterocycles. The molecule has 182 valence electrons. The largest absolute Gasteiger partial charge is 0.395 e. The second kappa shape index (κ2) is 11.4. The molecule has 0 bridgehead atoms. The average molecular weight is 489 g/mol. The monoisotopic (exact) mass is 488 g/mol. The Balaban J connectivity index is 1.27. The van der Waals surface area contributed by atoms with E-state index in [1.54, 1.807) is 4.90 Å². The number of carbonyl (C=O) groups is 1. The van der Waals surface area contributed by atoms with Gasteiger partial charge in [-0.2, -0.15) is 0 Å². The molecule has 34 heavy (non-hydrogen) atoms. The Morgan fingerprint density at radius 3 is 2.21 bits per heavy atom. The molecule has 2 aliphatic heterocycles. The lowest BCUT2D eigenvalue weighted by Gasteiger charge is -2.43. The van der Waals surface area contributed by atoms with Crippen molar-refractivity contribution in [1.29, 1.82) is 0 Å². The highest BCUT2D eigenvalue weighted by molar-refractivity contribution is 6.30. The summed E-state index contributed by atoms with van der Waals surface area (Å²) >= 11 is 6.02. The first-order valence-electron chi connectivity index (χ1n) is 12.0. The molecule has 2 aliphatic rings. The zero-order chi connectivity index (χ0) is 24.1. The van der Waals surface area contributed by atoms with E-state index < -0.39 is 11.6 Å². The van der Waals surface area contributed by atoms with Gasteiger partial charge < -0.3 is 10.0 Å². The second-order valence-electron chi connectivity index (χ2n) is 9.31. The van der Waals surface area contributed by atoms with Crippen molar-refractivity contribution in [1.82, 2.24) is 9.80 Å². The van der Waals surface area contributed by atoms with E-state index in [9.17, 15) is 18.7 Å². The maximum absolute atomic E-state index is 13.3. The molecule has 2 heterocycles. The van der Waals surface area contributed by atoms with Gasteiger partial charge in [0.15, 0.2) is 0 Å². The molecule has 1 N–H and O–H groups in total. The van der Waals surface area contributed by atoms with E-state index in [1.807, 2.05) is 12.1 Å². The minimum Gasteiger partial charge on any atom is -0.395 e. The molecule has 0 spiro atoms. The van der Waals surface area contributed by atoms with Crippen LogP contribution in [-0.2, 0) is 4.79 Å². The van der Waals surface area contributed by atoms with E-state index in [0.29, 0.717) is 30.5 Å². The van der Waals surface area contributed by atoms with Gasteiger partial charge >= 0.3 is 0 Å². The van der Waals surface area contributed by atoms with Gasteiger partial charge in [0.1, 0.15) is 11.6 Å². The predicted octanol–water partition coefficient (Wildman–Crippen LogP) is 5.11. The number of rotatable bonds is 6. The molecule has 1 atom stereocenters. The molecule has 1 amide bonds. The molecule has 1 unspecified atom stereocenters. The lowest BCUT2D eigenvalue weighted by Crippen LogP contribution is -2.50. The van der Waals surface area contributed by atoms with Gasteiger partial charge in [-0.05, 0) is 92.1 Å². The number of aliphatic hydroxyl groups excluding tert-OH is 1. The van der Waals surface area contributed by atoms with Crippen LogP contribution in [0.2, 0.25) is 5.02 Å². The minimum absolute atomic E-state index is 0.106. The maximum atomic E-state index is 13.3. The Labute approximate surface area is 204 Å². The molecular weight excluding hydrogens is 458 g/mol. The molecule has 2 saturated heterocycles. The highest BCUT2D eigenvalue weighted by Gasteiger charge is 2.33. The number of carbonyl (C=O) groups excluding carboxylic acids is 1. The summed E-state index contributed by atoms with van der Waals surface area (Å²) in [7, 11) is 0. The topological polar surface area (TPSA) is 43.8 Å². The number of benzene rings is 2. The lowest BCUT2D eigenvalue weighted by molar-refractivity contribution is -0.127.